The number of rotatable bonds is 6. The van der Waals surface area contributed by atoms with Crippen LogP contribution in [-0.4, -0.2) is 47.3 Å². The highest BCUT2D eigenvalue weighted by molar-refractivity contribution is 6.30. The van der Waals surface area contributed by atoms with Crippen molar-refractivity contribution < 1.29 is 19.1 Å². The number of carbonyl (C=O) groups excluding carboxylic acids is 3. The zero-order valence-electron chi connectivity index (χ0n) is 19.6. The van der Waals surface area contributed by atoms with Crippen LogP contribution in [0.25, 0.3) is 0 Å². The van der Waals surface area contributed by atoms with Crippen molar-refractivity contribution in [3.8, 4) is 0 Å². The molecular weight excluding hydrogens is 452 g/mol. The van der Waals surface area contributed by atoms with E-state index in [1.54, 1.807) is 30.9 Å². The highest BCUT2D eigenvalue weighted by Gasteiger charge is 2.37. The van der Waals surface area contributed by atoms with Gasteiger partial charge < -0.3 is 14.5 Å². The van der Waals surface area contributed by atoms with Gasteiger partial charge in [0.2, 0.25) is 5.91 Å². The summed E-state index contributed by atoms with van der Waals surface area (Å²) < 4.78 is 5.36. The molecule has 0 spiro atoms. The number of allylic oxidation sites excluding steroid dienone is 1. The first-order valence-electron chi connectivity index (χ1n) is 11.7. The Morgan fingerprint density at radius 2 is 1.82 bits per heavy atom. The number of hydrogen-bond acceptors (Lipinski definition) is 4. The van der Waals surface area contributed by atoms with Gasteiger partial charge in [-0.05, 0) is 62.1 Å². The van der Waals surface area contributed by atoms with Crippen LogP contribution in [0, 0.1) is 0 Å². The predicted octanol–water partition coefficient (Wildman–Crippen LogP) is 4.93. The molecule has 0 saturated carbocycles. The molecule has 0 radical (unpaired) electrons. The Morgan fingerprint density at radius 1 is 1.09 bits per heavy atom. The molecule has 1 atom stereocenters. The normalized spacial score (nSPS) is 18.4. The molecule has 2 heterocycles. The molecule has 178 valence electrons. The van der Waals surface area contributed by atoms with Crippen LogP contribution in [0.5, 0.6) is 0 Å². The summed E-state index contributed by atoms with van der Waals surface area (Å²) >= 11 is 6.19. The summed E-state index contributed by atoms with van der Waals surface area (Å²) in [6.07, 6.45) is 2.20. The largest absolute Gasteiger partial charge is 0.463 e. The third-order valence-corrected chi connectivity index (χ3v) is 6.71. The number of nitrogens with zero attached hydrogens (tertiary/aromatic N) is 2. The number of halogens is 1. The number of hydrogen-bond donors (Lipinski definition) is 0. The molecule has 6 nitrogen and oxygen atoms in total. The van der Waals surface area contributed by atoms with Crippen molar-refractivity contribution in [3.05, 3.63) is 81.5 Å². The van der Waals surface area contributed by atoms with Crippen LogP contribution >= 0.6 is 11.6 Å². The van der Waals surface area contributed by atoms with E-state index in [0.717, 1.165) is 37.1 Å². The molecule has 0 aromatic heterocycles. The van der Waals surface area contributed by atoms with E-state index in [-0.39, 0.29) is 31.4 Å². The Bertz CT molecular complexity index is 1140. The second-order valence-corrected chi connectivity index (χ2v) is 9.15. The fraction of sp³-hybridized carbons (Fsp3) is 0.370. The maximum absolute atomic E-state index is 13.3. The quantitative estimate of drug-likeness (QED) is 0.550. The lowest BCUT2D eigenvalue weighted by Gasteiger charge is -2.34. The van der Waals surface area contributed by atoms with Gasteiger partial charge >= 0.3 is 5.97 Å². The van der Waals surface area contributed by atoms with Crippen LogP contribution in [0.2, 0.25) is 5.02 Å². The van der Waals surface area contributed by atoms with Crippen molar-refractivity contribution in [1.29, 1.82) is 0 Å². The summed E-state index contributed by atoms with van der Waals surface area (Å²) in [6, 6.07) is 14.6. The first kappa shape index (κ1) is 24.0. The van der Waals surface area contributed by atoms with Gasteiger partial charge in [0.25, 0.3) is 5.91 Å². The minimum Gasteiger partial charge on any atom is -0.463 e. The smallest absolute Gasteiger partial charge is 0.336 e. The van der Waals surface area contributed by atoms with Gasteiger partial charge in [0.15, 0.2) is 0 Å². The van der Waals surface area contributed by atoms with Gasteiger partial charge in [-0.15, -0.1) is 0 Å². The molecule has 4 rings (SSSR count). The molecule has 2 aliphatic heterocycles. The fourth-order valence-electron chi connectivity index (χ4n) is 4.77. The molecule has 1 saturated heterocycles. The summed E-state index contributed by atoms with van der Waals surface area (Å²) in [5, 5.41) is 0.549. The molecule has 0 N–H and O–H groups in total. The molecule has 0 bridgehead atoms. The summed E-state index contributed by atoms with van der Waals surface area (Å²) in [5.41, 5.74) is 3.29. The number of amides is 2. The zero-order valence-corrected chi connectivity index (χ0v) is 20.3. The third kappa shape index (κ3) is 5.02. The molecule has 0 aliphatic carbocycles. The average molecular weight is 481 g/mol. The van der Waals surface area contributed by atoms with E-state index in [1.807, 2.05) is 41.3 Å². The Hall–Kier alpha value is -3.12. The Labute approximate surface area is 205 Å². The fourth-order valence-corrected chi connectivity index (χ4v) is 4.97. The van der Waals surface area contributed by atoms with E-state index < -0.39 is 11.9 Å². The van der Waals surface area contributed by atoms with Gasteiger partial charge in [-0.3, -0.25) is 9.59 Å². The van der Waals surface area contributed by atoms with E-state index in [0.29, 0.717) is 21.9 Å². The van der Waals surface area contributed by atoms with Crippen LogP contribution in [0.4, 0.5) is 0 Å². The number of benzene rings is 2. The van der Waals surface area contributed by atoms with E-state index in [2.05, 4.69) is 0 Å². The number of carbonyl (C=O) groups is 3. The predicted molar refractivity (Wildman–Crippen MR) is 130 cm³/mol. The number of ether oxygens (including phenoxy) is 1. The van der Waals surface area contributed by atoms with Gasteiger partial charge in [-0.1, -0.05) is 35.9 Å². The van der Waals surface area contributed by atoms with E-state index in [4.69, 9.17) is 16.3 Å². The lowest BCUT2D eigenvalue weighted by atomic mass is 9.83. The van der Waals surface area contributed by atoms with Crippen molar-refractivity contribution in [2.75, 3.05) is 19.7 Å². The summed E-state index contributed by atoms with van der Waals surface area (Å²) in [7, 11) is 0. The van der Waals surface area contributed by atoms with Crippen LogP contribution in [0.1, 0.15) is 60.5 Å². The molecule has 2 aromatic rings. The molecule has 2 aromatic carbocycles. The summed E-state index contributed by atoms with van der Waals surface area (Å²) in [5.74, 6) is -0.929. The van der Waals surface area contributed by atoms with Gasteiger partial charge in [-0.25, -0.2) is 4.79 Å². The maximum Gasteiger partial charge on any atom is 0.336 e. The van der Waals surface area contributed by atoms with Gasteiger partial charge in [-0.2, -0.15) is 0 Å². The van der Waals surface area contributed by atoms with Gasteiger partial charge in [0.05, 0.1) is 18.7 Å². The molecule has 2 amide bonds. The lowest BCUT2D eigenvalue weighted by molar-refractivity contribution is -0.140. The SMILES string of the molecule is CCOC(=O)C1=C(C)N(Cc2cccc(C(=O)N3CCCC3)c2)C(=O)CC1c1cccc(Cl)c1. The van der Waals surface area contributed by atoms with Crippen LogP contribution in [-0.2, 0) is 20.9 Å². The molecular formula is C27H29ClN2O4. The van der Waals surface area contributed by atoms with Crippen LogP contribution in [0.15, 0.2) is 59.8 Å². The first-order chi connectivity index (χ1) is 16.4. The van der Waals surface area contributed by atoms with E-state index in [1.165, 1.54) is 0 Å². The van der Waals surface area contributed by atoms with Crippen molar-refractivity contribution in [2.45, 2.75) is 45.6 Å². The van der Waals surface area contributed by atoms with Crippen LogP contribution in [0.3, 0.4) is 0 Å². The second-order valence-electron chi connectivity index (χ2n) is 8.71. The van der Waals surface area contributed by atoms with Crippen molar-refractivity contribution in [1.82, 2.24) is 9.80 Å². The Kier molecular flexibility index (Phi) is 7.37. The molecule has 7 heteroatoms. The molecule has 2 aliphatic rings. The van der Waals surface area contributed by atoms with Crippen molar-refractivity contribution >= 4 is 29.4 Å². The maximum atomic E-state index is 13.3. The topological polar surface area (TPSA) is 66.9 Å². The molecule has 1 fully saturated rings. The lowest BCUT2D eigenvalue weighted by Crippen LogP contribution is -2.38. The van der Waals surface area contributed by atoms with Gasteiger partial charge in [0.1, 0.15) is 0 Å². The monoisotopic (exact) mass is 480 g/mol. The molecule has 1 unspecified atom stereocenters. The Morgan fingerprint density at radius 3 is 2.53 bits per heavy atom. The number of likely N-dealkylation sites (tertiary alicyclic amines) is 1. The van der Waals surface area contributed by atoms with Crippen molar-refractivity contribution in [3.63, 3.8) is 0 Å². The summed E-state index contributed by atoms with van der Waals surface area (Å²) in [4.78, 5) is 42.5. The van der Waals surface area contributed by atoms with Gasteiger partial charge in [0, 0.05) is 41.7 Å². The summed E-state index contributed by atoms with van der Waals surface area (Å²) in [6.45, 7) is 5.62. The average Bonchev–Trinajstić information content (AvgIpc) is 3.36. The second kappa shape index (κ2) is 10.4. The minimum absolute atomic E-state index is 0.0183. The highest BCUT2D eigenvalue weighted by Crippen LogP contribution is 2.38. The first-order valence-corrected chi connectivity index (χ1v) is 12.1. The minimum atomic E-state index is -0.430. The third-order valence-electron chi connectivity index (χ3n) is 6.48. The van der Waals surface area contributed by atoms with Crippen LogP contribution < -0.4 is 0 Å². The van der Waals surface area contributed by atoms with Crippen molar-refractivity contribution in [2.24, 2.45) is 0 Å². The standard InChI is InChI=1S/C27H29ClN2O4/c1-3-34-27(33)25-18(2)30(24(31)16-23(25)20-9-7-11-22(28)15-20)17-19-8-6-10-21(14-19)26(32)29-12-4-5-13-29/h6-11,14-15,23H,3-5,12-13,16-17H2,1-2H3. The molecule has 34 heavy (non-hydrogen) atoms. The highest BCUT2D eigenvalue weighted by atomic mass is 35.5. The van der Waals surface area contributed by atoms with E-state index >= 15 is 0 Å². The Balaban J connectivity index is 1.65. The zero-order chi connectivity index (χ0) is 24.2. The van der Waals surface area contributed by atoms with E-state index in [9.17, 15) is 14.4 Å². The number of esters is 1.